The van der Waals surface area contributed by atoms with Gasteiger partial charge in [-0.15, -0.1) is 0 Å². The summed E-state index contributed by atoms with van der Waals surface area (Å²) in [6.07, 6.45) is 12.3. The first-order valence-electron chi connectivity index (χ1n) is 9.87. The van der Waals surface area contributed by atoms with Crippen LogP contribution in [0.1, 0.15) is 64.7 Å². The van der Waals surface area contributed by atoms with Crippen molar-refractivity contribution < 1.29 is 8.42 Å². The number of nitrogens with one attached hydrogen (secondary N) is 2. The predicted octanol–water partition coefficient (Wildman–Crippen LogP) is 2.57. The van der Waals surface area contributed by atoms with E-state index in [-0.39, 0.29) is 0 Å². The van der Waals surface area contributed by atoms with Gasteiger partial charge in [0.2, 0.25) is 10.0 Å². The van der Waals surface area contributed by atoms with Crippen LogP contribution in [-0.2, 0) is 10.0 Å². The third kappa shape index (κ3) is 10.0. The van der Waals surface area contributed by atoms with Gasteiger partial charge in [0.25, 0.3) is 0 Å². The van der Waals surface area contributed by atoms with Crippen LogP contribution in [0.15, 0.2) is 4.99 Å². The monoisotopic (exact) mass is 374 g/mol. The van der Waals surface area contributed by atoms with E-state index in [1.807, 2.05) is 0 Å². The number of unbranched alkanes of at least 4 members (excludes halogenated alkanes) is 6. The van der Waals surface area contributed by atoms with Crippen molar-refractivity contribution in [1.82, 2.24) is 14.9 Å². The molecular formula is C18H38N4O2S. The second-order valence-electron chi connectivity index (χ2n) is 7.11. The van der Waals surface area contributed by atoms with Gasteiger partial charge in [-0.3, -0.25) is 4.99 Å². The summed E-state index contributed by atoms with van der Waals surface area (Å²) in [7, 11) is -1.24. The zero-order chi connectivity index (χ0) is 18.5. The van der Waals surface area contributed by atoms with Crippen LogP contribution >= 0.6 is 0 Å². The van der Waals surface area contributed by atoms with Crippen LogP contribution in [0.25, 0.3) is 0 Å². The molecule has 0 radical (unpaired) electrons. The maximum atomic E-state index is 11.5. The molecule has 7 heteroatoms. The Kier molecular flexibility index (Phi) is 11.1. The lowest BCUT2D eigenvalue weighted by Gasteiger charge is -2.30. The van der Waals surface area contributed by atoms with Gasteiger partial charge in [-0.05, 0) is 25.2 Å². The maximum Gasteiger partial charge on any atom is 0.211 e. The zero-order valence-electron chi connectivity index (χ0n) is 16.4. The third-order valence-electron chi connectivity index (χ3n) is 4.90. The highest BCUT2D eigenvalue weighted by Gasteiger charge is 2.24. The highest BCUT2D eigenvalue weighted by molar-refractivity contribution is 7.88. The first kappa shape index (κ1) is 22.2. The van der Waals surface area contributed by atoms with Crippen LogP contribution < -0.4 is 10.6 Å². The Balaban J connectivity index is 2.09. The smallest absolute Gasteiger partial charge is 0.211 e. The van der Waals surface area contributed by atoms with E-state index in [0.29, 0.717) is 19.0 Å². The Bertz CT molecular complexity index is 471. The Morgan fingerprint density at radius 3 is 2.20 bits per heavy atom. The van der Waals surface area contributed by atoms with E-state index >= 15 is 0 Å². The first-order chi connectivity index (χ1) is 12.0. The van der Waals surface area contributed by atoms with E-state index < -0.39 is 10.0 Å². The molecule has 0 aromatic carbocycles. The van der Waals surface area contributed by atoms with Crippen molar-refractivity contribution in [3.63, 3.8) is 0 Å². The molecule has 1 saturated heterocycles. The molecule has 0 bridgehead atoms. The van der Waals surface area contributed by atoms with E-state index in [1.54, 1.807) is 11.4 Å². The molecule has 1 aliphatic heterocycles. The van der Waals surface area contributed by atoms with E-state index in [4.69, 9.17) is 0 Å². The van der Waals surface area contributed by atoms with Crippen molar-refractivity contribution in [3.8, 4) is 0 Å². The first-order valence-corrected chi connectivity index (χ1v) is 11.7. The van der Waals surface area contributed by atoms with Crippen LogP contribution in [0.5, 0.6) is 0 Å². The summed E-state index contributed by atoms with van der Waals surface area (Å²) in [6.45, 7) is 5.33. The molecule has 0 aliphatic carbocycles. The average Bonchev–Trinajstić information content (AvgIpc) is 2.59. The summed E-state index contributed by atoms with van der Waals surface area (Å²) >= 11 is 0. The Morgan fingerprint density at radius 2 is 1.64 bits per heavy atom. The highest BCUT2D eigenvalue weighted by atomic mass is 32.2. The van der Waals surface area contributed by atoms with Crippen molar-refractivity contribution in [3.05, 3.63) is 0 Å². The van der Waals surface area contributed by atoms with Gasteiger partial charge in [-0.1, -0.05) is 45.4 Å². The van der Waals surface area contributed by atoms with Gasteiger partial charge in [0.15, 0.2) is 5.96 Å². The number of hydrogen-bond donors (Lipinski definition) is 2. The normalized spacial score (nSPS) is 17.6. The molecule has 0 aromatic heterocycles. The number of sulfonamides is 1. The Labute approximate surface area is 154 Å². The lowest BCUT2D eigenvalue weighted by molar-refractivity contribution is 0.275. The highest BCUT2D eigenvalue weighted by Crippen LogP contribution is 2.18. The van der Waals surface area contributed by atoms with Gasteiger partial charge < -0.3 is 10.6 Å². The molecule has 0 aromatic rings. The predicted molar refractivity (Wildman–Crippen MR) is 106 cm³/mol. The van der Waals surface area contributed by atoms with Crippen LogP contribution in [0, 0.1) is 5.92 Å². The van der Waals surface area contributed by atoms with E-state index in [2.05, 4.69) is 22.5 Å². The summed E-state index contributed by atoms with van der Waals surface area (Å²) in [5.74, 6) is 1.37. The molecule has 0 spiro atoms. The average molecular weight is 375 g/mol. The van der Waals surface area contributed by atoms with E-state index in [9.17, 15) is 8.42 Å². The second kappa shape index (κ2) is 12.5. The van der Waals surface area contributed by atoms with Gasteiger partial charge in [-0.25, -0.2) is 12.7 Å². The van der Waals surface area contributed by atoms with Crippen molar-refractivity contribution in [2.75, 3.05) is 39.5 Å². The zero-order valence-corrected chi connectivity index (χ0v) is 17.2. The van der Waals surface area contributed by atoms with Gasteiger partial charge in [0.05, 0.1) is 6.26 Å². The number of rotatable bonds is 11. The fraction of sp³-hybridized carbons (Fsp3) is 0.944. The van der Waals surface area contributed by atoms with Crippen LogP contribution in [-0.4, -0.2) is 58.2 Å². The fourth-order valence-corrected chi connectivity index (χ4v) is 4.07. The lowest BCUT2D eigenvalue weighted by atomic mass is 9.98. The van der Waals surface area contributed by atoms with Gasteiger partial charge in [0, 0.05) is 33.2 Å². The molecule has 1 rings (SSSR count). The summed E-state index contributed by atoms with van der Waals surface area (Å²) in [5, 5.41) is 6.76. The number of hydrogen-bond acceptors (Lipinski definition) is 3. The van der Waals surface area contributed by atoms with Crippen LogP contribution in [0.2, 0.25) is 0 Å². The van der Waals surface area contributed by atoms with E-state index in [0.717, 1.165) is 31.9 Å². The van der Waals surface area contributed by atoms with Gasteiger partial charge >= 0.3 is 0 Å². The quantitative estimate of drug-likeness (QED) is 0.331. The molecular weight excluding hydrogens is 336 g/mol. The molecule has 6 nitrogen and oxygen atoms in total. The van der Waals surface area contributed by atoms with Crippen molar-refractivity contribution in [2.24, 2.45) is 10.9 Å². The molecule has 0 unspecified atom stereocenters. The standard InChI is InChI=1S/C18H38N4O2S/c1-4-5-6-7-8-9-10-13-20-18(19-2)21-16-17-11-14-22(15-12-17)25(3,23)24/h17H,4-16H2,1-3H3,(H2,19,20,21). The topological polar surface area (TPSA) is 73.8 Å². The molecule has 0 atom stereocenters. The minimum Gasteiger partial charge on any atom is -0.356 e. The summed E-state index contributed by atoms with van der Waals surface area (Å²) < 4.78 is 24.6. The molecule has 148 valence electrons. The minimum absolute atomic E-state index is 0.509. The van der Waals surface area contributed by atoms with Crippen molar-refractivity contribution >= 4 is 16.0 Å². The summed E-state index contributed by atoms with van der Waals surface area (Å²) in [5.41, 5.74) is 0. The summed E-state index contributed by atoms with van der Waals surface area (Å²) in [6, 6.07) is 0. The molecule has 1 fully saturated rings. The lowest BCUT2D eigenvalue weighted by Crippen LogP contribution is -2.44. The van der Waals surface area contributed by atoms with E-state index in [1.165, 1.54) is 51.2 Å². The SMILES string of the molecule is CCCCCCCCCNC(=NC)NCC1CCN(S(C)(=O)=O)CC1. The largest absolute Gasteiger partial charge is 0.356 e. The molecule has 0 saturated carbocycles. The Hall–Kier alpha value is -0.820. The molecule has 2 N–H and O–H groups in total. The van der Waals surface area contributed by atoms with Crippen LogP contribution in [0.3, 0.4) is 0 Å². The molecule has 25 heavy (non-hydrogen) atoms. The van der Waals surface area contributed by atoms with Crippen LogP contribution in [0.4, 0.5) is 0 Å². The third-order valence-corrected chi connectivity index (χ3v) is 6.20. The number of piperidine rings is 1. The van der Waals surface area contributed by atoms with Crippen molar-refractivity contribution in [1.29, 1.82) is 0 Å². The Morgan fingerprint density at radius 1 is 1.04 bits per heavy atom. The molecule has 1 heterocycles. The minimum atomic E-state index is -3.03. The second-order valence-corrected chi connectivity index (χ2v) is 9.09. The number of nitrogens with zero attached hydrogens (tertiary/aromatic N) is 2. The summed E-state index contributed by atoms with van der Waals surface area (Å²) in [4.78, 5) is 4.27. The molecule has 0 amide bonds. The number of aliphatic imine (C=N–C) groups is 1. The fourth-order valence-electron chi connectivity index (χ4n) is 3.20. The number of guanidine groups is 1. The van der Waals surface area contributed by atoms with Gasteiger partial charge in [0.1, 0.15) is 0 Å². The molecule has 1 aliphatic rings. The van der Waals surface area contributed by atoms with Gasteiger partial charge in [-0.2, -0.15) is 0 Å². The maximum absolute atomic E-state index is 11.5. The van der Waals surface area contributed by atoms with Crippen molar-refractivity contribution in [2.45, 2.75) is 64.7 Å².